The van der Waals surface area contributed by atoms with E-state index in [1.807, 2.05) is 0 Å². The second kappa shape index (κ2) is 4.88. The number of aliphatic hydroxyl groups is 1. The molecule has 2 nitrogen and oxygen atoms in total. The normalized spacial score (nSPS) is 13.0. The van der Waals surface area contributed by atoms with Gasteiger partial charge in [-0.05, 0) is 6.07 Å². The van der Waals surface area contributed by atoms with Crippen LogP contribution in [-0.2, 0) is 0 Å². The van der Waals surface area contributed by atoms with Gasteiger partial charge in [0, 0.05) is 12.1 Å². The molecule has 0 aliphatic carbocycles. The molecule has 0 bridgehead atoms. The zero-order chi connectivity index (χ0) is 10.9. The van der Waals surface area contributed by atoms with Crippen molar-refractivity contribution in [3.63, 3.8) is 0 Å². The first-order chi connectivity index (χ1) is 6.49. The van der Waals surface area contributed by atoms with Gasteiger partial charge < -0.3 is 10.8 Å². The monoisotopic (exact) mass is 273 g/mol. The van der Waals surface area contributed by atoms with Crippen molar-refractivity contribution in [1.82, 2.24) is 0 Å². The van der Waals surface area contributed by atoms with Crippen LogP contribution in [0.2, 0.25) is 20.1 Å². The molecule has 14 heavy (non-hydrogen) atoms. The Labute approximate surface area is 102 Å². The Kier molecular flexibility index (Phi) is 4.31. The lowest BCUT2D eigenvalue weighted by atomic mass is 10.1. The average Bonchev–Trinajstić information content (AvgIpc) is 2.19. The van der Waals surface area contributed by atoms with E-state index in [9.17, 15) is 5.11 Å². The maximum absolute atomic E-state index is 9.48. The van der Waals surface area contributed by atoms with Crippen molar-refractivity contribution in [1.29, 1.82) is 0 Å². The molecule has 1 unspecified atom stereocenters. The van der Waals surface area contributed by atoms with E-state index in [4.69, 9.17) is 52.1 Å². The van der Waals surface area contributed by atoms with Crippen LogP contribution in [0.15, 0.2) is 6.07 Å². The minimum absolute atomic E-state index is 0.0357. The molecule has 0 aromatic heterocycles. The first kappa shape index (κ1) is 12.4. The van der Waals surface area contributed by atoms with Gasteiger partial charge in [0.2, 0.25) is 0 Å². The molecule has 0 saturated carbocycles. The number of rotatable bonds is 2. The van der Waals surface area contributed by atoms with Gasteiger partial charge in [-0.25, -0.2) is 0 Å². The summed E-state index contributed by atoms with van der Waals surface area (Å²) < 4.78 is 0. The molecule has 1 aromatic carbocycles. The summed E-state index contributed by atoms with van der Waals surface area (Å²) in [7, 11) is 0. The maximum Gasteiger partial charge on any atom is 0.0927 e. The molecule has 1 atom stereocenters. The summed E-state index contributed by atoms with van der Waals surface area (Å²) in [5, 5.41) is 10.2. The van der Waals surface area contributed by atoms with Crippen molar-refractivity contribution in [3.05, 3.63) is 31.7 Å². The van der Waals surface area contributed by atoms with Crippen LogP contribution in [0.3, 0.4) is 0 Å². The molecule has 0 aliphatic heterocycles. The summed E-state index contributed by atoms with van der Waals surface area (Å²) in [5.41, 5.74) is 5.67. The molecule has 78 valence electrons. The average molecular weight is 275 g/mol. The van der Waals surface area contributed by atoms with Crippen LogP contribution in [0.4, 0.5) is 0 Å². The summed E-state index contributed by atoms with van der Waals surface area (Å²) in [6.45, 7) is 0.0357. The van der Waals surface area contributed by atoms with Gasteiger partial charge in [0.15, 0.2) is 0 Å². The van der Waals surface area contributed by atoms with Gasteiger partial charge in [0.25, 0.3) is 0 Å². The first-order valence-corrected chi connectivity index (χ1v) is 5.21. The minimum Gasteiger partial charge on any atom is -0.387 e. The second-order valence-electron chi connectivity index (χ2n) is 2.64. The SMILES string of the molecule is NCC(O)c1cc(Cl)c(Cl)c(Cl)c1Cl. The quantitative estimate of drug-likeness (QED) is 0.642. The molecular formula is C8H7Cl4NO. The summed E-state index contributed by atoms with van der Waals surface area (Å²) in [6, 6.07) is 1.45. The number of aliphatic hydroxyl groups excluding tert-OH is 1. The highest BCUT2D eigenvalue weighted by Crippen LogP contribution is 2.40. The van der Waals surface area contributed by atoms with Crippen LogP contribution >= 0.6 is 46.4 Å². The van der Waals surface area contributed by atoms with Crippen molar-refractivity contribution in [2.75, 3.05) is 6.54 Å². The Balaban J connectivity index is 3.33. The van der Waals surface area contributed by atoms with Crippen LogP contribution in [0, 0.1) is 0 Å². The van der Waals surface area contributed by atoms with Crippen LogP contribution in [0.25, 0.3) is 0 Å². The predicted octanol–water partition coefficient (Wildman–Crippen LogP) is 3.29. The number of nitrogens with two attached hydrogens (primary N) is 1. The zero-order valence-corrected chi connectivity index (χ0v) is 9.92. The van der Waals surface area contributed by atoms with Crippen LogP contribution < -0.4 is 5.73 Å². The highest BCUT2D eigenvalue weighted by Gasteiger charge is 2.17. The third kappa shape index (κ3) is 2.27. The van der Waals surface area contributed by atoms with Gasteiger partial charge in [-0.1, -0.05) is 46.4 Å². The van der Waals surface area contributed by atoms with E-state index >= 15 is 0 Å². The second-order valence-corrected chi connectivity index (χ2v) is 4.18. The topological polar surface area (TPSA) is 46.2 Å². The lowest BCUT2D eigenvalue weighted by Gasteiger charge is -2.13. The zero-order valence-electron chi connectivity index (χ0n) is 6.90. The molecule has 0 amide bonds. The molecule has 0 spiro atoms. The molecule has 6 heteroatoms. The van der Waals surface area contributed by atoms with Gasteiger partial charge >= 0.3 is 0 Å². The lowest BCUT2D eigenvalue weighted by Crippen LogP contribution is -2.12. The van der Waals surface area contributed by atoms with Crippen LogP contribution in [0.1, 0.15) is 11.7 Å². The molecule has 0 heterocycles. The minimum atomic E-state index is -0.894. The van der Waals surface area contributed by atoms with Crippen molar-refractivity contribution in [2.24, 2.45) is 5.73 Å². The van der Waals surface area contributed by atoms with Crippen molar-refractivity contribution >= 4 is 46.4 Å². The van der Waals surface area contributed by atoms with Gasteiger partial charge in [-0.15, -0.1) is 0 Å². The number of hydrogen-bond acceptors (Lipinski definition) is 2. The first-order valence-electron chi connectivity index (χ1n) is 3.70. The van der Waals surface area contributed by atoms with Crippen molar-refractivity contribution in [2.45, 2.75) is 6.10 Å². The van der Waals surface area contributed by atoms with E-state index in [-0.39, 0.29) is 26.6 Å². The highest BCUT2D eigenvalue weighted by molar-refractivity contribution is 6.52. The van der Waals surface area contributed by atoms with E-state index in [1.165, 1.54) is 6.07 Å². The van der Waals surface area contributed by atoms with E-state index in [1.54, 1.807) is 0 Å². The molecule has 0 aliphatic rings. The van der Waals surface area contributed by atoms with Gasteiger partial charge in [-0.2, -0.15) is 0 Å². The third-order valence-corrected chi connectivity index (χ3v) is 3.48. The lowest BCUT2D eigenvalue weighted by molar-refractivity contribution is 0.187. The standard InChI is InChI=1S/C8H7Cl4NO/c9-4-1-3(5(14)2-13)6(10)8(12)7(4)11/h1,5,14H,2,13H2. The van der Waals surface area contributed by atoms with Gasteiger partial charge in [-0.3, -0.25) is 0 Å². The number of benzene rings is 1. The highest BCUT2D eigenvalue weighted by atomic mass is 35.5. The van der Waals surface area contributed by atoms with E-state index in [0.29, 0.717) is 5.56 Å². The fourth-order valence-electron chi connectivity index (χ4n) is 0.961. The third-order valence-electron chi connectivity index (χ3n) is 1.71. The Morgan fingerprint density at radius 1 is 1.14 bits per heavy atom. The summed E-state index contributed by atoms with van der Waals surface area (Å²) in [5.74, 6) is 0. The van der Waals surface area contributed by atoms with Gasteiger partial charge in [0.05, 0.1) is 26.2 Å². The van der Waals surface area contributed by atoms with E-state index < -0.39 is 6.10 Å². The molecular weight excluding hydrogens is 268 g/mol. The number of hydrogen-bond donors (Lipinski definition) is 2. The van der Waals surface area contributed by atoms with E-state index in [2.05, 4.69) is 0 Å². The van der Waals surface area contributed by atoms with Crippen molar-refractivity contribution in [3.8, 4) is 0 Å². The molecule has 0 radical (unpaired) electrons. The molecule has 1 aromatic rings. The largest absolute Gasteiger partial charge is 0.387 e. The molecule has 1 rings (SSSR count). The maximum atomic E-state index is 9.48. The Bertz CT molecular complexity index is 356. The number of halogens is 4. The van der Waals surface area contributed by atoms with Crippen LogP contribution in [-0.4, -0.2) is 11.7 Å². The van der Waals surface area contributed by atoms with Crippen LogP contribution in [0.5, 0.6) is 0 Å². The Morgan fingerprint density at radius 3 is 2.21 bits per heavy atom. The fourth-order valence-corrected chi connectivity index (χ4v) is 1.90. The smallest absolute Gasteiger partial charge is 0.0927 e. The van der Waals surface area contributed by atoms with E-state index in [0.717, 1.165) is 0 Å². The summed E-state index contributed by atoms with van der Waals surface area (Å²) in [4.78, 5) is 0. The summed E-state index contributed by atoms with van der Waals surface area (Å²) in [6.07, 6.45) is -0.894. The summed E-state index contributed by atoms with van der Waals surface area (Å²) >= 11 is 23.1. The Hall–Kier alpha value is 0.300. The predicted molar refractivity (Wildman–Crippen MR) is 60.5 cm³/mol. The molecule has 0 saturated heterocycles. The molecule has 3 N–H and O–H groups in total. The molecule has 0 fully saturated rings. The fraction of sp³-hybridized carbons (Fsp3) is 0.250. The van der Waals surface area contributed by atoms with Gasteiger partial charge in [0.1, 0.15) is 0 Å². The Morgan fingerprint density at radius 2 is 1.71 bits per heavy atom. The van der Waals surface area contributed by atoms with Crippen molar-refractivity contribution < 1.29 is 5.11 Å².